The number of furan rings is 1. The molecule has 1 heterocycles. The first-order chi connectivity index (χ1) is 9.11. The van der Waals surface area contributed by atoms with Crippen LogP contribution in [0.2, 0.25) is 0 Å². The first-order valence-corrected chi connectivity index (χ1v) is 6.19. The molecule has 0 saturated heterocycles. The molecule has 0 radical (unpaired) electrons. The van der Waals surface area contributed by atoms with Gasteiger partial charge in [0.2, 0.25) is 0 Å². The molecule has 1 aromatic carbocycles. The van der Waals surface area contributed by atoms with Gasteiger partial charge < -0.3 is 9.32 Å². The summed E-state index contributed by atoms with van der Waals surface area (Å²) in [6, 6.07) is 7.82. The summed E-state index contributed by atoms with van der Waals surface area (Å²) >= 11 is 0. The van der Waals surface area contributed by atoms with Crippen molar-refractivity contribution in [1.82, 2.24) is 4.90 Å². The summed E-state index contributed by atoms with van der Waals surface area (Å²) in [6.07, 6.45) is 1.58. The number of aryl methyl sites for hydroxylation is 1. The van der Waals surface area contributed by atoms with E-state index in [9.17, 15) is 9.18 Å². The van der Waals surface area contributed by atoms with Crippen molar-refractivity contribution in [3.05, 3.63) is 59.3 Å². The Labute approximate surface area is 111 Å². The van der Waals surface area contributed by atoms with Crippen LogP contribution < -0.4 is 0 Å². The van der Waals surface area contributed by atoms with Crippen LogP contribution >= 0.6 is 0 Å². The SMILES string of the molecule is CCN(Cc1ccco1)C(=O)c1ccc(F)cc1C. The molecule has 0 bridgehead atoms. The first kappa shape index (κ1) is 13.3. The molecular formula is C15H16FNO2. The lowest BCUT2D eigenvalue weighted by Crippen LogP contribution is -2.30. The molecule has 0 atom stereocenters. The maximum absolute atomic E-state index is 13.1. The average Bonchev–Trinajstić information content (AvgIpc) is 2.88. The largest absolute Gasteiger partial charge is 0.467 e. The van der Waals surface area contributed by atoms with Crippen molar-refractivity contribution >= 4 is 5.91 Å². The van der Waals surface area contributed by atoms with Gasteiger partial charge in [0.05, 0.1) is 12.8 Å². The van der Waals surface area contributed by atoms with Crippen LogP contribution in [0.3, 0.4) is 0 Å². The van der Waals surface area contributed by atoms with Gasteiger partial charge in [-0.15, -0.1) is 0 Å². The van der Waals surface area contributed by atoms with Gasteiger partial charge in [0.15, 0.2) is 0 Å². The number of carbonyl (C=O) groups excluding carboxylic acids is 1. The van der Waals surface area contributed by atoms with Gasteiger partial charge in [-0.25, -0.2) is 4.39 Å². The van der Waals surface area contributed by atoms with E-state index < -0.39 is 0 Å². The van der Waals surface area contributed by atoms with Gasteiger partial charge in [0.1, 0.15) is 11.6 Å². The fourth-order valence-corrected chi connectivity index (χ4v) is 1.96. The standard InChI is InChI=1S/C15H16FNO2/c1-3-17(10-13-5-4-8-19-13)15(18)14-7-6-12(16)9-11(14)2/h4-9H,3,10H2,1-2H3. The van der Waals surface area contributed by atoms with Crippen molar-refractivity contribution in [2.75, 3.05) is 6.54 Å². The minimum atomic E-state index is -0.330. The number of nitrogens with zero attached hydrogens (tertiary/aromatic N) is 1. The van der Waals surface area contributed by atoms with Crippen molar-refractivity contribution in [2.45, 2.75) is 20.4 Å². The third kappa shape index (κ3) is 3.02. The molecule has 19 heavy (non-hydrogen) atoms. The Morgan fingerprint density at radius 1 is 1.37 bits per heavy atom. The van der Waals surface area contributed by atoms with E-state index in [4.69, 9.17) is 4.42 Å². The molecule has 1 aromatic heterocycles. The normalized spacial score (nSPS) is 10.5. The fourth-order valence-electron chi connectivity index (χ4n) is 1.96. The lowest BCUT2D eigenvalue weighted by Gasteiger charge is -2.20. The summed E-state index contributed by atoms with van der Waals surface area (Å²) in [5.74, 6) is 0.287. The van der Waals surface area contributed by atoms with Gasteiger partial charge in [-0.3, -0.25) is 4.79 Å². The molecule has 100 valence electrons. The van der Waals surface area contributed by atoms with Crippen molar-refractivity contribution < 1.29 is 13.6 Å². The monoisotopic (exact) mass is 261 g/mol. The summed E-state index contributed by atoms with van der Waals surface area (Å²) in [5.41, 5.74) is 1.16. The summed E-state index contributed by atoms with van der Waals surface area (Å²) in [5, 5.41) is 0. The molecule has 0 unspecified atom stereocenters. The molecule has 0 aliphatic carbocycles. The highest BCUT2D eigenvalue weighted by Gasteiger charge is 2.17. The van der Waals surface area contributed by atoms with Crippen LogP contribution in [-0.4, -0.2) is 17.4 Å². The highest BCUT2D eigenvalue weighted by atomic mass is 19.1. The number of halogens is 1. The van der Waals surface area contributed by atoms with Gasteiger partial charge in [-0.2, -0.15) is 0 Å². The van der Waals surface area contributed by atoms with Crippen molar-refractivity contribution in [2.24, 2.45) is 0 Å². The molecule has 0 aliphatic rings. The van der Waals surface area contributed by atoms with Gasteiger partial charge >= 0.3 is 0 Å². The molecule has 0 fully saturated rings. The van der Waals surface area contributed by atoms with E-state index in [1.165, 1.54) is 18.2 Å². The molecule has 0 aliphatic heterocycles. The van der Waals surface area contributed by atoms with Crippen LogP contribution in [0.25, 0.3) is 0 Å². The lowest BCUT2D eigenvalue weighted by atomic mass is 10.1. The number of rotatable bonds is 4. The summed E-state index contributed by atoms with van der Waals surface area (Å²) in [7, 11) is 0. The van der Waals surface area contributed by atoms with Crippen molar-refractivity contribution in [3.63, 3.8) is 0 Å². The topological polar surface area (TPSA) is 33.5 Å². The van der Waals surface area contributed by atoms with Gasteiger partial charge in [0.25, 0.3) is 5.91 Å². The molecule has 3 nitrogen and oxygen atoms in total. The lowest BCUT2D eigenvalue weighted by molar-refractivity contribution is 0.0740. The predicted molar refractivity (Wildman–Crippen MR) is 70.3 cm³/mol. The number of hydrogen-bond acceptors (Lipinski definition) is 2. The minimum Gasteiger partial charge on any atom is -0.467 e. The Kier molecular flexibility index (Phi) is 4.00. The van der Waals surface area contributed by atoms with Crippen LogP contribution in [0.5, 0.6) is 0 Å². The maximum atomic E-state index is 13.1. The van der Waals surface area contributed by atoms with Crippen molar-refractivity contribution in [1.29, 1.82) is 0 Å². The van der Waals surface area contributed by atoms with E-state index in [1.54, 1.807) is 24.2 Å². The molecule has 1 amide bonds. The second-order valence-electron chi connectivity index (χ2n) is 4.36. The van der Waals surface area contributed by atoms with Gasteiger partial charge in [0, 0.05) is 12.1 Å². The zero-order valence-corrected chi connectivity index (χ0v) is 11.0. The minimum absolute atomic E-state index is 0.114. The molecule has 2 rings (SSSR count). The van der Waals surface area contributed by atoms with Crippen LogP contribution in [0.1, 0.15) is 28.6 Å². The fraction of sp³-hybridized carbons (Fsp3) is 0.267. The van der Waals surface area contributed by atoms with E-state index >= 15 is 0 Å². The van der Waals surface area contributed by atoms with Crippen LogP contribution in [0.4, 0.5) is 4.39 Å². The van der Waals surface area contributed by atoms with Gasteiger partial charge in [-0.05, 0) is 49.7 Å². The van der Waals surface area contributed by atoms with Crippen LogP contribution in [-0.2, 0) is 6.54 Å². The first-order valence-electron chi connectivity index (χ1n) is 6.19. The zero-order chi connectivity index (χ0) is 13.8. The number of benzene rings is 1. The van der Waals surface area contributed by atoms with E-state index in [0.717, 1.165) is 5.76 Å². The molecule has 0 N–H and O–H groups in total. The second-order valence-corrected chi connectivity index (χ2v) is 4.36. The highest BCUT2D eigenvalue weighted by Crippen LogP contribution is 2.15. The molecule has 4 heteroatoms. The van der Waals surface area contributed by atoms with Gasteiger partial charge in [-0.1, -0.05) is 0 Å². The Balaban J connectivity index is 2.20. The average molecular weight is 261 g/mol. The highest BCUT2D eigenvalue weighted by molar-refractivity contribution is 5.95. The third-order valence-corrected chi connectivity index (χ3v) is 3.01. The van der Waals surface area contributed by atoms with Crippen molar-refractivity contribution in [3.8, 4) is 0 Å². The smallest absolute Gasteiger partial charge is 0.254 e. The van der Waals surface area contributed by atoms with Crippen LogP contribution in [0, 0.1) is 12.7 Å². The Bertz CT molecular complexity index is 564. The molecular weight excluding hydrogens is 245 g/mol. The maximum Gasteiger partial charge on any atom is 0.254 e. The second kappa shape index (κ2) is 5.69. The third-order valence-electron chi connectivity index (χ3n) is 3.01. The van der Waals surface area contributed by atoms with E-state index in [0.29, 0.717) is 24.2 Å². The summed E-state index contributed by atoms with van der Waals surface area (Å²) < 4.78 is 18.3. The number of hydrogen-bond donors (Lipinski definition) is 0. The van der Waals surface area contributed by atoms with E-state index in [2.05, 4.69) is 0 Å². The molecule has 2 aromatic rings. The van der Waals surface area contributed by atoms with E-state index in [-0.39, 0.29) is 11.7 Å². The van der Waals surface area contributed by atoms with E-state index in [1.807, 2.05) is 13.0 Å². The zero-order valence-electron chi connectivity index (χ0n) is 11.0. The van der Waals surface area contributed by atoms with Crippen LogP contribution in [0.15, 0.2) is 41.0 Å². The Morgan fingerprint density at radius 3 is 2.74 bits per heavy atom. The molecule has 0 spiro atoms. The Morgan fingerprint density at radius 2 is 2.16 bits per heavy atom. The number of carbonyl (C=O) groups is 1. The summed E-state index contributed by atoms with van der Waals surface area (Å²) in [4.78, 5) is 14.1. The summed E-state index contributed by atoms with van der Waals surface area (Å²) in [6.45, 7) is 4.62. The quantitative estimate of drug-likeness (QED) is 0.845. The predicted octanol–water partition coefficient (Wildman–Crippen LogP) is 3.39. The molecule has 0 saturated carbocycles. The Hall–Kier alpha value is -2.10. The number of amides is 1.